The number of carbonyl (C=O) groups excluding carboxylic acids is 2. The van der Waals surface area contributed by atoms with Crippen molar-refractivity contribution in [2.45, 2.75) is 31.7 Å². The summed E-state index contributed by atoms with van der Waals surface area (Å²) in [6.45, 7) is 3.56. The van der Waals surface area contributed by atoms with Gasteiger partial charge in [0.15, 0.2) is 0 Å². The van der Waals surface area contributed by atoms with E-state index in [1.165, 1.54) is 6.07 Å². The molecule has 0 saturated heterocycles. The van der Waals surface area contributed by atoms with Gasteiger partial charge < -0.3 is 11.1 Å². The molecule has 1 rings (SSSR count). The van der Waals surface area contributed by atoms with Crippen molar-refractivity contribution in [1.29, 1.82) is 0 Å². The van der Waals surface area contributed by atoms with E-state index in [2.05, 4.69) is 11.9 Å². The summed E-state index contributed by atoms with van der Waals surface area (Å²) < 4.78 is 26.2. The lowest BCUT2D eigenvalue weighted by Crippen LogP contribution is -2.45. The van der Waals surface area contributed by atoms with Gasteiger partial charge in [0.05, 0.1) is 6.42 Å². The number of halogens is 2. The molecule has 0 aliphatic rings. The molecule has 2 amide bonds. The van der Waals surface area contributed by atoms with E-state index in [1.807, 2.05) is 0 Å². The minimum Gasteiger partial charge on any atom is -0.368 e. The Kier molecular flexibility index (Phi) is 6.52. The third-order valence-corrected chi connectivity index (χ3v) is 2.95. The van der Waals surface area contributed by atoms with Gasteiger partial charge in [-0.25, -0.2) is 8.78 Å². The molecule has 0 heterocycles. The van der Waals surface area contributed by atoms with Gasteiger partial charge in [-0.1, -0.05) is 12.1 Å². The van der Waals surface area contributed by atoms with Gasteiger partial charge in [0.1, 0.15) is 17.7 Å². The molecule has 6 heteroatoms. The molecule has 0 radical (unpaired) electrons. The van der Waals surface area contributed by atoms with Crippen molar-refractivity contribution < 1.29 is 18.4 Å². The molecule has 0 spiro atoms. The van der Waals surface area contributed by atoms with Crippen molar-refractivity contribution in [3.8, 4) is 0 Å². The zero-order valence-corrected chi connectivity index (χ0v) is 11.6. The second-order valence-electron chi connectivity index (χ2n) is 4.65. The third kappa shape index (κ3) is 5.72. The van der Waals surface area contributed by atoms with Crippen molar-refractivity contribution in [2.24, 2.45) is 5.73 Å². The number of nitrogens with one attached hydrogen (secondary N) is 1. The van der Waals surface area contributed by atoms with Crippen molar-refractivity contribution >= 4 is 11.8 Å². The molecule has 0 unspecified atom stereocenters. The number of carbonyl (C=O) groups is 2. The van der Waals surface area contributed by atoms with Crippen LogP contribution < -0.4 is 11.1 Å². The van der Waals surface area contributed by atoms with Crippen LogP contribution in [0.5, 0.6) is 0 Å². The number of nitrogens with two attached hydrogens (primary N) is 1. The number of rotatable bonds is 8. The first-order valence-electron chi connectivity index (χ1n) is 6.57. The molecule has 1 aromatic rings. The van der Waals surface area contributed by atoms with Crippen LogP contribution in [-0.4, -0.2) is 17.9 Å². The predicted octanol–water partition coefficient (Wildman–Crippen LogP) is 1.83. The predicted molar refractivity (Wildman–Crippen MR) is 75.2 cm³/mol. The minimum absolute atomic E-state index is 0.0585. The van der Waals surface area contributed by atoms with Gasteiger partial charge in [0.2, 0.25) is 11.8 Å². The lowest BCUT2D eigenvalue weighted by Gasteiger charge is -2.15. The van der Waals surface area contributed by atoms with E-state index in [4.69, 9.17) is 5.73 Å². The molecule has 0 bridgehead atoms. The van der Waals surface area contributed by atoms with Gasteiger partial charge in [-0.15, -0.1) is 6.58 Å². The Hall–Kier alpha value is -2.24. The number of amides is 2. The average Bonchev–Trinajstić information content (AvgIpc) is 2.41. The summed E-state index contributed by atoms with van der Waals surface area (Å²) in [5.41, 5.74) is 5.27. The highest BCUT2D eigenvalue weighted by atomic mass is 19.1. The van der Waals surface area contributed by atoms with Gasteiger partial charge in [0, 0.05) is 6.07 Å². The normalized spacial score (nSPS) is 11.7. The second-order valence-corrected chi connectivity index (χ2v) is 4.65. The highest BCUT2D eigenvalue weighted by Crippen LogP contribution is 2.10. The van der Waals surface area contributed by atoms with Crippen LogP contribution in [0.2, 0.25) is 0 Å². The third-order valence-electron chi connectivity index (χ3n) is 2.95. The number of primary amides is 1. The van der Waals surface area contributed by atoms with Gasteiger partial charge in [-0.3, -0.25) is 9.59 Å². The van der Waals surface area contributed by atoms with Gasteiger partial charge >= 0.3 is 0 Å². The topological polar surface area (TPSA) is 72.2 Å². The van der Waals surface area contributed by atoms with Crippen LogP contribution in [0.4, 0.5) is 8.78 Å². The lowest BCUT2D eigenvalue weighted by molar-refractivity contribution is -0.127. The molecule has 0 aliphatic carbocycles. The molecule has 1 aromatic carbocycles. The number of unbranched alkanes of at least 4 members (excludes halogenated alkanes) is 1. The number of allylic oxidation sites excluding steroid dienone is 1. The van der Waals surface area contributed by atoms with Crippen molar-refractivity contribution in [3.63, 3.8) is 0 Å². The molecular formula is C15H18F2N2O2. The van der Waals surface area contributed by atoms with Crippen molar-refractivity contribution in [2.75, 3.05) is 0 Å². The summed E-state index contributed by atoms with van der Waals surface area (Å²) in [7, 11) is 0. The summed E-state index contributed by atoms with van der Waals surface area (Å²) in [5, 5.41) is 2.46. The molecule has 0 aliphatic heterocycles. The fraction of sp³-hybridized carbons (Fsp3) is 0.333. The molecule has 0 saturated carbocycles. The summed E-state index contributed by atoms with van der Waals surface area (Å²) >= 11 is 0. The first kappa shape index (κ1) is 16.8. The second kappa shape index (κ2) is 8.14. The molecule has 0 fully saturated rings. The highest BCUT2D eigenvalue weighted by molar-refractivity contribution is 5.87. The Morgan fingerprint density at radius 2 is 2.10 bits per heavy atom. The first-order valence-corrected chi connectivity index (χ1v) is 6.57. The van der Waals surface area contributed by atoms with E-state index in [1.54, 1.807) is 6.08 Å². The maximum atomic E-state index is 13.4. The van der Waals surface area contributed by atoms with Crippen LogP contribution in [0.3, 0.4) is 0 Å². The van der Waals surface area contributed by atoms with Crippen LogP contribution in [0.25, 0.3) is 0 Å². The van der Waals surface area contributed by atoms with Crippen LogP contribution in [0.15, 0.2) is 30.9 Å². The zero-order chi connectivity index (χ0) is 15.8. The van der Waals surface area contributed by atoms with E-state index < -0.39 is 29.5 Å². The van der Waals surface area contributed by atoms with Gasteiger partial charge in [-0.05, 0) is 30.9 Å². The Balaban J connectivity index is 2.60. The SMILES string of the molecule is C=CCCC[C@H](NC(=O)Cc1ccc(F)cc1F)C(N)=O. The van der Waals surface area contributed by atoms with Gasteiger partial charge in [-0.2, -0.15) is 0 Å². The summed E-state index contributed by atoms with van der Waals surface area (Å²) in [5.74, 6) is -2.70. The van der Waals surface area contributed by atoms with Crippen LogP contribution in [0, 0.1) is 11.6 Å². The maximum Gasteiger partial charge on any atom is 0.239 e. The number of hydrogen-bond donors (Lipinski definition) is 2. The summed E-state index contributed by atoms with van der Waals surface area (Å²) in [6.07, 6.45) is 3.17. The first-order chi connectivity index (χ1) is 9.93. The highest BCUT2D eigenvalue weighted by Gasteiger charge is 2.18. The van der Waals surface area contributed by atoms with Crippen LogP contribution >= 0.6 is 0 Å². The fourth-order valence-corrected chi connectivity index (χ4v) is 1.84. The van der Waals surface area contributed by atoms with Crippen molar-refractivity contribution in [1.82, 2.24) is 5.32 Å². The van der Waals surface area contributed by atoms with E-state index >= 15 is 0 Å². The lowest BCUT2D eigenvalue weighted by atomic mass is 10.1. The van der Waals surface area contributed by atoms with E-state index in [9.17, 15) is 18.4 Å². The van der Waals surface area contributed by atoms with E-state index in [0.717, 1.165) is 6.07 Å². The Morgan fingerprint density at radius 3 is 2.67 bits per heavy atom. The van der Waals surface area contributed by atoms with Crippen LogP contribution in [-0.2, 0) is 16.0 Å². The van der Waals surface area contributed by atoms with Gasteiger partial charge in [0.25, 0.3) is 0 Å². The standard InChI is InChI=1S/C15H18F2N2O2/c1-2-3-4-5-13(15(18)21)19-14(20)8-10-6-7-11(16)9-12(10)17/h2,6-7,9,13H,1,3-5,8H2,(H2,18,21)(H,19,20)/t13-/m0/s1. The smallest absolute Gasteiger partial charge is 0.239 e. The Labute approximate surface area is 122 Å². The van der Waals surface area contributed by atoms with Crippen LogP contribution in [0.1, 0.15) is 24.8 Å². The van der Waals surface area contributed by atoms with E-state index in [0.29, 0.717) is 25.3 Å². The Morgan fingerprint density at radius 1 is 1.38 bits per heavy atom. The fourth-order valence-electron chi connectivity index (χ4n) is 1.84. The number of benzene rings is 1. The average molecular weight is 296 g/mol. The Bertz CT molecular complexity index is 532. The summed E-state index contributed by atoms with van der Waals surface area (Å²) in [4.78, 5) is 23.0. The quantitative estimate of drug-likeness (QED) is 0.567. The molecule has 21 heavy (non-hydrogen) atoms. The molecule has 4 nitrogen and oxygen atoms in total. The molecule has 1 atom stereocenters. The molecule has 3 N–H and O–H groups in total. The minimum atomic E-state index is -0.805. The van der Waals surface area contributed by atoms with Crippen molar-refractivity contribution in [3.05, 3.63) is 48.1 Å². The zero-order valence-electron chi connectivity index (χ0n) is 11.6. The summed E-state index contributed by atoms with van der Waals surface area (Å²) in [6, 6.07) is 2.17. The number of hydrogen-bond acceptors (Lipinski definition) is 2. The largest absolute Gasteiger partial charge is 0.368 e. The molecule has 0 aromatic heterocycles. The van der Waals surface area contributed by atoms with E-state index in [-0.39, 0.29) is 12.0 Å². The molecular weight excluding hydrogens is 278 g/mol. The molecule has 114 valence electrons. The maximum absolute atomic E-state index is 13.4. The monoisotopic (exact) mass is 296 g/mol.